The van der Waals surface area contributed by atoms with Crippen molar-refractivity contribution in [1.29, 1.82) is 0 Å². The van der Waals surface area contributed by atoms with Crippen LogP contribution in [-0.4, -0.2) is 29.4 Å². The molecule has 5 rings (SSSR count). The Balaban J connectivity index is 1.65. The number of hydrogen-bond acceptors (Lipinski definition) is 4. The Hall–Kier alpha value is -3.25. The number of nitrogens with zero attached hydrogens (tertiary/aromatic N) is 6. The van der Waals surface area contributed by atoms with Gasteiger partial charge in [-0.05, 0) is 17.7 Å². The van der Waals surface area contributed by atoms with Gasteiger partial charge in [-0.3, -0.25) is 4.40 Å². The summed E-state index contributed by atoms with van der Waals surface area (Å²) in [4.78, 5) is 4.59. The monoisotopic (exact) mass is 360 g/mol. The molecule has 3 aromatic heterocycles. The van der Waals surface area contributed by atoms with E-state index in [-0.39, 0.29) is 0 Å². The van der Waals surface area contributed by atoms with Crippen molar-refractivity contribution in [3.8, 4) is 11.4 Å². The van der Waals surface area contributed by atoms with Crippen molar-refractivity contribution in [3.05, 3.63) is 77.7 Å². The highest BCUT2D eigenvalue weighted by atomic mass is 35.5. The number of aromatic nitrogens is 6. The summed E-state index contributed by atoms with van der Waals surface area (Å²) in [7, 11) is 0. The van der Waals surface area contributed by atoms with Crippen LogP contribution in [0.15, 0.2) is 67.1 Å². The molecule has 6 nitrogen and oxygen atoms in total. The third kappa shape index (κ3) is 2.34. The number of hydrogen-bond donors (Lipinski definition) is 0. The predicted octanol–water partition coefficient (Wildman–Crippen LogP) is 3.84. The third-order valence-electron chi connectivity index (χ3n) is 4.33. The molecule has 0 aliphatic rings. The minimum atomic E-state index is 0.627. The van der Waals surface area contributed by atoms with Gasteiger partial charge in [-0.25, -0.2) is 9.67 Å². The Morgan fingerprint density at radius 2 is 1.69 bits per heavy atom. The van der Waals surface area contributed by atoms with Crippen LogP contribution in [0, 0.1) is 0 Å². The molecule has 0 atom stereocenters. The Kier molecular flexibility index (Phi) is 3.43. The fourth-order valence-electron chi connectivity index (χ4n) is 3.07. The molecule has 0 bridgehead atoms. The average molecular weight is 361 g/mol. The van der Waals surface area contributed by atoms with Gasteiger partial charge in [-0.2, -0.15) is 5.10 Å². The Labute approximate surface area is 153 Å². The first kappa shape index (κ1) is 15.0. The molecule has 3 heterocycles. The molecule has 0 spiro atoms. The highest BCUT2D eigenvalue weighted by Crippen LogP contribution is 2.28. The normalized spacial score (nSPS) is 11.4. The minimum Gasteiger partial charge on any atom is -0.264 e. The van der Waals surface area contributed by atoms with E-state index in [9.17, 15) is 0 Å². The molecule has 5 aromatic rings. The minimum absolute atomic E-state index is 0.627. The summed E-state index contributed by atoms with van der Waals surface area (Å²) >= 11 is 6.31. The fraction of sp³-hybridized carbons (Fsp3) is 0.0526. The maximum absolute atomic E-state index is 6.31. The van der Waals surface area contributed by atoms with Crippen LogP contribution >= 0.6 is 11.6 Å². The number of rotatable bonds is 3. The molecule has 0 fully saturated rings. The second kappa shape index (κ2) is 5.93. The summed E-state index contributed by atoms with van der Waals surface area (Å²) in [5.74, 6) is 0.663. The molecular weight excluding hydrogens is 348 g/mol. The van der Waals surface area contributed by atoms with Crippen molar-refractivity contribution >= 4 is 28.3 Å². The van der Waals surface area contributed by atoms with Crippen molar-refractivity contribution < 1.29 is 0 Å². The van der Waals surface area contributed by atoms with E-state index in [4.69, 9.17) is 11.6 Å². The lowest BCUT2D eigenvalue weighted by Crippen LogP contribution is -2.03. The summed E-state index contributed by atoms with van der Waals surface area (Å²) in [6, 6.07) is 17.7. The van der Waals surface area contributed by atoms with Gasteiger partial charge >= 0.3 is 0 Å². The molecule has 126 valence electrons. The summed E-state index contributed by atoms with van der Waals surface area (Å²) in [5, 5.41) is 14.6. The molecular formula is C19H13ClN6. The summed E-state index contributed by atoms with van der Waals surface area (Å²) in [6.45, 7) is 0.652. The average Bonchev–Trinajstić information content (AvgIpc) is 3.27. The van der Waals surface area contributed by atoms with Crippen molar-refractivity contribution in [1.82, 2.24) is 29.4 Å². The summed E-state index contributed by atoms with van der Waals surface area (Å²) < 4.78 is 3.71. The SMILES string of the molecule is Clc1ccccc1-c1nnc2c3cnn(Cc4ccccc4)c3ncn12. The number of benzene rings is 2. The standard InChI is InChI=1S/C19H13ClN6/c20-16-9-5-4-8-14(16)18-23-24-19-15-10-22-26(17(15)21-12-25(18)19)11-13-6-2-1-3-7-13/h1-10,12H,11H2. The predicted molar refractivity (Wildman–Crippen MR) is 100 cm³/mol. The van der Waals surface area contributed by atoms with Crippen LogP contribution < -0.4 is 0 Å². The molecule has 0 saturated heterocycles. The van der Waals surface area contributed by atoms with Gasteiger partial charge in [0, 0.05) is 5.56 Å². The molecule has 2 aromatic carbocycles. The highest BCUT2D eigenvalue weighted by molar-refractivity contribution is 6.33. The van der Waals surface area contributed by atoms with Gasteiger partial charge in [-0.15, -0.1) is 10.2 Å². The van der Waals surface area contributed by atoms with Crippen molar-refractivity contribution in [2.24, 2.45) is 0 Å². The quantitative estimate of drug-likeness (QED) is 0.490. The van der Waals surface area contributed by atoms with E-state index in [0.717, 1.165) is 22.2 Å². The van der Waals surface area contributed by atoms with Crippen LogP contribution in [0.2, 0.25) is 5.02 Å². The van der Waals surface area contributed by atoms with E-state index < -0.39 is 0 Å². The highest BCUT2D eigenvalue weighted by Gasteiger charge is 2.16. The van der Waals surface area contributed by atoms with Crippen LogP contribution in [-0.2, 0) is 6.54 Å². The lowest BCUT2D eigenvalue weighted by Gasteiger charge is -2.04. The van der Waals surface area contributed by atoms with E-state index in [1.807, 2.05) is 51.5 Å². The first-order valence-corrected chi connectivity index (χ1v) is 8.53. The molecule has 26 heavy (non-hydrogen) atoms. The maximum Gasteiger partial charge on any atom is 0.175 e. The maximum atomic E-state index is 6.31. The lowest BCUT2D eigenvalue weighted by molar-refractivity contribution is 0.703. The van der Waals surface area contributed by atoms with Gasteiger partial charge in [0.1, 0.15) is 6.33 Å². The van der Waals surface area contributed by atoms with Gasteiger partial charge < -0.3 is 0 Å². The van der Waals surface area contributed by atoms with Gasteiger partial charge in [0.15, 0.2) is 17.1 Å². The van der Waals surface area contributed by atoms with Crippen molar-refractivity contribution in [2.45, 2.75) is 6.54 Å². The second-order valence-corrected chi connectivity index (χ2v) is 6.37. The Morgan fingerprint density at radius 1 is 0.885 bits per heavy atom. The molecule has 7 heteroatoms. The zero-order chi connectivity index (χ0) is 17.5. The van der Waals surface area contributed by atoms with Gasteiger partial charge in [-0.1, -0.05) is 54.1 Å². The van der Waals surface area contributed by atoms with Crippen LogP contribution in [0.5, 0.6) is 0 Å². The van der Waals surface area contributed by atoms with E-state index in [0.29, 0.717) is 23.0 Å². The zero-order valence-electron chi connectivity index (χ0n) is 13.6. The van der Waals surface area contributed by atoms with Gasteiger partial charge in [0.25, 0.3) is 0 Å². The number of fused-ring (bicyclic) bond motifs is 3. The van der Waals surface area contributed by atoms with Crippen molar-refractivity contribution in [2.75, 3.05) is 0 Å². The molecule has 0 saturated carbocycles. The van der Waals surface area contributed by atoms with Gasteiger partial charge in [0.2, 0.25) is 0 Å². The fourth-order valence-corrected chi connectivity index (χ4v) is 3.29. The molecule has 0 amide bonds. The third-order valence-corrected chi connectivity index (χ3v) is 4.66. The largest absolute Gasteiger partial charge is 0.264 e. The summed E-state index contributed by atoms with van der Waals surface area (Å²) in [6.07, 6.45) is 3.51. The first-order valence-electron chi connectivity index (χ1n) is 8.15. The Morgan fingerprint density at radius 3 is 2.54 bits per heavy atom. The Bertz CT molecular complexity index is 1220. The van der Waals surface area contributed by atoms with E-state index in [1.165, 1.54) is 0 Å². The smallest absolute Gasteiger partial charge is 0.175 e. The molecule has 0 aliphatic heterocycles. The first-order chi connectivity index (χ1) is 12.8. The van der Waals surface area contributed by atoms with Crippen LogP contribution in [0.4, 0.5) is 0 Å². The summed E-state index contributed by atoms with van der Waals surface area (Å²) in [5.41, 5.74) is 3.47. The van der Waals surface area contributed by atoms with Crippen molar-refractivity contribution in [3.63, 3.8) is 0 Å². The molecule has 0 unspecified atom stereocenters. The van der Waals surface area contributed by atoms with Crippen LogP contribution in [0.3, 0.4) is 0 Å². The number of halogens is 1. The van der Waals surface area contributed by atoms with E-state index in [2.05, 4.69) is 32.4 Å². The van der Waals surface area contributed by atoms with E-state index >= 15 is 0 Å². The van der Waals surface area contributed by atoms with Crippen LogP contribution in [0.1, 0.15) is 5.56 Å². The second-order valence-electron chi connectivity index (χ2n) is 5.97. The molecule has 0 N–H and O–H groups in total. The van der Waals surface area contributed by atoms with E-state index in [1.54, 1.807) is 12.5 Å². The van der Waals surface area contributed by atoms with Gasteiger partial charge in [0.05, 0.1) is 23.2 Å². The molecule has 0 radical (unpaired) electrons. The lowest BCUT2D eigenvalue weighted by atomic mass is 10.2. The topological polar surface area (TPSA) is 60.9 Å². The van der Waals surface area contributed by atoms with Crippen LogP contribution in [0.25, 0.3) is 28.1 Å². The molecule has 0 aliphatic carbocycles. The zero-order valence-corrected chi connectivity index (χ0v) is 14.4.